The smallest absolute Gasteiger partial charge is 0.321 e. The number of amides is 1. The van der Waals surface area contributed by atoms with Crippen molar-refractivity contribution in [2.24, 2.45) is 0 Å². The molecule has 0 heterocycles. The van der Waals surface area contributed by atoms with Gasteiger partial charge in [-0.15, -0.1) is 0 Å². The van der Waals surface area contributed by atoms with Crippen LogP contribution in [0.1, 0.15) is 5.56 Å². The Hall–Kier alpha value is -2.91. The van der Waals surface area contributed by atoms with Crippen molar-refractivity contribution in [1.82, 2.24) is 4.31 Å². The number of hydrogen-bond acceptors (Lipinski definition) is 6. The zero-order chi connectivity index (χ0) is 20.7. The summed E-state index contributed by atoms with van der Waals surface area (Å²) < 4.78 is 35.8. The third kappa shape index (κ3) is 5.54. The number of para-hydroxylation sites is 2. The van der Waals surface area contributed by atoms with E-state index < -0.39 is 35.1 Å². The molecular formula is C19H22N2O6S. The lowest BCUT2D eigenvalue weighted by Crippen LogP contribution is -2.34. The van der Waals surface area contributed by atoms with Crippen LogP contribution in [0.3, 0.4) is 0 Å². The summed E-state index contributed by atoms with van der Waals surface area (Å²) in [5.41, 5.74) is 1.35. The number of sulfonamides is 1. The summed E-state index contributed by atoms with van der Waals surface area (Å²) in [5, 5.41) is 2.56. The number of esters is 1. The first-order valence-electron chi connectivity index (χ1n) is 8.35. The second-order valence-corrected chi connectivity index (χ2v) is 8.03. The Bertz CT molecular complexity index is 941. The zero-order valence-corrected chi connectivity index (χ0v) is 16.7. The highest BCUT2D eigenvalue weighted by Crippen LogP contribution is 2.22. The first-order chi connectivity index (χ1) is 13.2. The molecule has 0 aliphatic rings. The van der Waals surface area contributed by atoms with Crippen LogP contribution < -0.4 is 10.1 Å². The van der Waals surface area contributed by atoms with Crippen LogP contribution in [0.15, 0.2) is 53.4 Å². The predicted molar refractivity (Wildman–Crippen MR) is 104 cm³/mol. The van der Waals surface area contributed by atoms with E-state index in [1.165, 1.54) is 26.3 Å². The molecule has 0 aliphatic heterocycles. The number of rotatable bonds is 8. The number of methoxy groups -OCH3 is 1. The van der Waals surface area contributed by atoms with E-state index in [-0.39, 0.29) is 4.90 Å². The van der Waals surface area contributed by atoms with Gasteiger partial charge in [-0.2, -0.15) is 4.31 Å². The Kier molecular flexibility index (Phi) is 7.13. The minimum absolute atomic E-state index is 0.0716. The number of hydrogen-bond donors (Lipinski definition) is 1. The molecule has 0 atom stereocenters. The number of nitrogens with zero attached hydrogens (tertiary/aromatic N) is 1. The summed E-state index contributed by atoms with van der Waals surface area (Å²) in [5.74, 6) is -0.943. The molecule has 2 rings (SSSR count). The normalized spacial score (nSPS) is 11.1. The molecule has 8 nitrogen and oxygen atoms in total. The van der Waals surface area contributed by atoms with Gasteiger partial charge in [0.1, 0.15) is 12.3 Å². The van der Waals surface area contributed by atoms with Gasteiger partial charge >= 0.3 is 5.97 Å². The number of likely N-dealkylation sites (N-methyl/N-ethyl adjacent to an activating group) is 1. The number of ether oxygens (including phenoxy) is 2. The van der Waals surface area contributed by atoms with Gasteiger partial charge in [-0.3, -0.25) is 9.59 Å². The number of carbonyl (C=O) groups excluding carboxylic acids is 2. The first kappa shape index (κ1) is 21.4. The fraction of sp³-hybridized carbons (Fsp3) is 0.263. The molecule has 0 bridgehead atoms. The summed E-state index contributed by atoms with van der Waals surface area (Å²) in [6, 6.07) is 13.0. The molecule has 0 saturated carbocycles. The van der Waals surface area contributed by atoms with Crippen molar-refractivity contribution in [1.29, 1.82) is 0 Å². The molecule has 0 saturated heterocycles. The van der Waals surface area contributed by atoms with E-state index >= 15 is 0 Å². The number of aryl methyl sites for hydroxylation is 1. The van der Waals surface area contributed by atoms with Gasteiger partial charge in [0, 0.05) is 7.05 Å². The number of anilines is 1. The lowest BCUT2D eigenvalue weighted by Gasteiger charge is -2.16. The standard InChI is InChI=1S/C19H22N2O6S/c1-14-8-10-15(11-9-14)28(24,25)21(2)12-19(23)27-13-18(22)20-16-6-4-5-7-17(16)26-3/h4-11H,12-13H2,1-3H3,(H,20,22). The van der Waals surface area contributed by atoms with E-state index in [0.717, 1.165) is 9.87 Å². The maximum absolute atomic E-state index is 12.5. The average Bonchev–Trinajstić information content (AvgIpc) is 2.67. The summed E-state index contributed by atoms with van der Waals surface area (Å²) in [6.45, 7) is 0.779. The van der Waals surface area contributed by atoms with Crippen LogP contribution in [0.25, 0.3) is 0 Å². The molecule has 0 aromatic heterocycles. The predicted octanol–water partition coefficient (Wildman–Crippen LogP) is 1.81. The average molecular weight is 406 g/mol. The quantitative estimate of drug-likeness (QED) is 0.671. The van der Waals surface area contributed by atoms with Crippen molar-refractivity contribution in [2.75, 3.05) is 32.6 Å². The highest BCUT2D eigenvalue weighted by molar-refractivity contribution is 7.89. The van der Waals surface area contributed by atoms with Crippen LogP contribution >= 0.6 is 0 Å². The maximum Gasteiger partial charge on any atom is 0.321 e. The van der Waals surface area contributed by atoms with Crippen molar-refractivity contribution in [3.05, 3.63) is 54.1 Å². The Labute approximate surface area is 164 Å². The third-order valence-electron chi connectivity index (χ3n) is 3.83. The van der Waals surface area contributed by atoms with Gasteiger partial charge in [0.2, 0.25) is 10.0 Å². The molecule has 0 aliphatic carbocycles. The SMILES string of the molecule is COc1ccccc1NC(=O)COC(=O)CN(C)S(=O)(=O)c1ccc(C)cc1. The Morgan fingerprint density at radius 2 is 1.71 bits per heavy atom. The Morgan fingerprint density at radius 3 is 2.36 bits per heavy atom. The molecule has 1 amide bonds. The van der Waals surface area contributed by atoms with Gasteiger partial charge in [0.15, 0.2) is 6.61 Å². The maximum atomic E-state index is 12.5. The minimum Gasteiger partial charge on any atom is -0.495 e. The van der Waals surface area contributed by atoms with Gasteiger partial charge in [-0.1, -0.05) is 29.8 Å². The molecule has 150 valence electrons. The highest BCUT2D eigenvalue weighted by Gasteiger charge is 2.23. The fourth-order valence-corrected chi connectivity index (χ4v) is 3.40. The van der Waals surface area contributed by atoms with Crippen molar-refractivity contribution >= 4 is 27.6 Å². The van der Waals surface area contributed by atoms with Crippen molar-refractivity contribution in [3.63, 3.8) is 0 Å². The van der Waals surface area contributed by atoms with Gasteiger partial charge in [-0.25, -0.2) is 8.42 Å². The molecule has 2 aromatic rings. The van der Waals surface area contributed by atoms with Crippen molar-refractivity contribution in [3.8, 4) is 5.75 Å². The molecule has 9 heteroatoms. The van der Waals surface area contributed by atoms with Crippen molar-refractivity contribution < 1.29 is 27.5 Å². The van der Waals surface area contributed by atoms with Crippen molar-refractivity contribution in [2.45, 2.75) is 11.8 Å². The van der Waals surface area contributed by atoms with Gasteiger partial charge < -0.3 is 14.8 Å². The summed E-state index contributed by atoms with van der Waals surface area (Å²) in [7, 11) is -1.09. The van der Waals surface area contributed by atoms with E-state index in [9.17, 15) is 18.0 Å². The number of nitrogens with one attached hydrogen (secondary N) is 1. The van der Waals surface area contributed by atoms with E-state index in [4.69, 9.17) is 9.47 Å². The largest absolute Gasteiger partial charge is 0.495 e. The van der Waals surface area contributed by atoms with Crippen LogP contribution in [0.2, 0.25) is 0 Å². The lowest BCUT2D eigenvalue weighted by molar-refractivity contribution is -0.147. The van der Waals surface area contributed by atoms with Gasteiger partial charge in [0.25, 0.3) is 5.91 Å². The monoisotopic (exact) mass is 406 g/mol. The third-order valence-corrected chi connectivity index (χ3v) is 5.64. The summed E-state index contributed by atoms with van der Waals surface area (Å²) in [4.78, 5) is 23.9. The summed E-state index contributed by atoms with van der Waals surface area (Å²) in [6.07, 6.45) is 0. The van der Waals surface area contributed by atoms with Crippen LogP contribution in [0, 0.1) is 6.92 Å². The highest BCUT2D eigenvalue weighted by atomic mass is 32.2. The number of carbonyl (C=O) groups is 2. The minimum atomic E-state index is -3.83. The van der Waals surface area contributed by atoms with E-state index in [0.29, 0.717) is 11.4 Å². The van der Waals surface area contributed by atoms with E-state index in [1.807, 2.05) is 6.92 Å². The zero-order valence-electron chi connectivity index (χ0n) is 15.8. The first-order valence-corrected chi connectivity index (χ1v) is 9.79. The molecule has 0 radical (unpaired) electrons. The number of benzene rings is 2. The second kappa shape index (κ2) is 9.34. The molecule has 0 unspecified atom stereocenters. The Morgan fingerprint density at radius 1 is 1.07 bits per heavy atom. The Balaban J connectivity index is 1.89. The van der Waals surface area contributed by atoms with Crippen LogP contribution in [-0.4, -0.2) is 51.9 Å². The van der Waals surface area contributed by atoms with Gasteiger partial charge in [0.05, 0.1) is 17.7 Å². The van der Waals surface area contributed by atoms with E-state index in [2.05, 4.69) is 5.32 Å². The molecular weight excluding hydrogens is 384 g/mol. The van der Waals surface area contributed by atoms with Gasteiger partial charge in [-0.05, 0) is 31.2 Å². The van der Waals surface area contributed by atoms with Crippen LogP contribution in [0.5, 0.6) is 5.75 Å². The van der Waals surface area contributed by atoms with Crippen LogP contribution in [0.4, 0.5) is 5.69 Å². The fourth-order valence-electron chi connectivity index (χ4n) is 2.28. The topological polar surface area (TPSA) is 102 Å². The van der Waals surface area contributed by atoms with Crippen LogP contribution in [-0.2, 0) is 24.3 Å². The molecule has 28 heavy (non-hydrogen) atoms. The van der Waals surface area contributed by atoms with E-state index in [1.54, 1.807) is 36.4 Å². The molecule has 2 aromatic carbocycles. The molecule has 1 N–H and O–H groups in total. The second-order valence-electron chi connectivity index (χ2n) is 5.98. The summed E-state index contributed by atoms with van der Waals surface area (Å²) >= 11 is 0. The molecule has 0 fully saturated rings. The lowest BCUT2D eigenvalue weighted by atomic mass is 10.2. The molecule has 0 spiro atoms.